The number of hydrogen-bond donors (Lipinski definition) is 2. The minimum atomic E-state index is 0.231. The molecular weight excluding hydrogens is 210 g/mol. The zero-order chi connectivity index (χ0) is 12.3. The van der Waals surface area contributed by atoms with Gasteiger partial charge in [-0.25, -0.2) is 0 Å². The van der Waals surface area contributed by atoms with Crippen LogP contribution in [0.1, 0.15) is 18.1 Å². The molecule has 2 rings (SSSR count). The Morgan fingerprint density at radius 1 is 0.941 bits per heavy atom. The molecule has 0 unspecified atom stereocenters. The second-order valence-electron chi connectivity index (χ2n) is 3.93. The minimum absolute atomic E-state index is 0.231. The van der Waals surface area contributed by atoms with Crippen LogP contribution in [0.5, 0.6) is 0 Å². The third kappa shape index (κ3) is 2.31. The summed E-state index contributed by atoms with van der Waals surface area (Å²) in [6.45, 7) is 1.89. The van der Waals surface area contributed by atoms with Crippen LogP contribution in [0.4, 0.5) is 5.69 Å². The van der Waals surface area contributed by atoms with Gasteiger partial charge in [-0.05, 0) is 30.2 Å². The van der Waals surface area contributed by atoms with Gasteiger partial charge in [-0.2, -0.15) is 0 Å². The molecule has 0 spiro atoms. The first-order valence-electron chi connectivity index (χ1n) is 5.50. The number of allylic oxidation sites excluding steroid dienone is 1. The van der Waals surface area contributed by atoms with Crippen LogP contribution in [0.2, 0.25) is 0 Å². The van der Waals surface area contributed by atoms with Gasteiger partial charge >= 0.3 is 0 Å². The number of benzene rings is 2. The molecule has 0 radical (unpaired) electrons. The number of para-hydroxylation sites is 1. The van der Waals surface area contributed by atoms with Crippen molar-refractivity contribution in [2.45, 2.75) is 6.92 Å². The van der Waals surface area contributed by atoms with Crippen molar-refractivity contribution in [3.8, 4) is 0 Å². The third-order valence-electron chi connectivity index (χ3n) is 2.78. The normalized spacial score (nSPS) is 12.1. The van der Waals surface area contributed by atoms with Gasteiger partial charge in [-0.3, -0.25) is 0 Å². The first kappa shape index (κ1) is 11.3. The van der Waals surface area contributed by atoms with Crippen molar-refractivity contribution < 1.29 is 5.11 Å². The predicted molar refractivity (Wildman–Crippen MR) is 72.4 cm³/mol. The van der Waals surface area contributed by atoms with E-state index in [-0.39, 0.29) is 5.76 Å². The molecule has 0 saturated carbocycles. The van der Waals surface area contributed by atoms with E-state index in [0.717, 1.165) is 11.1 Å². The number of hydrogen-bond acceptors (Lipinski definition) is 2. The van der Waals surface area contributed by atoms with Crippen molar-refractivity contribution in [1.82, 2.24) is 0 Å². The van der Waals surface area contributed by atoms with Gasteiger partial charge in [0.05, 0.1) is 0 Å². The average molecular weight is 225 g/mol. The second-order valence-corrected chi connectivity index (χ2v) is 3.93. The number of anilines is 1. The SMILES string of the molecule is C/C(=C(\O)c1ccccc1N)c1ccccc1. The van der Waals surface area contributed by atoms with Crippen molar-refractivity contribution in [1.29, 1.82) is 0 Å². The summed E-state index contributed by atoms with van der Waals surface area (Å²) in [5, 5.41) is 10.2. The lowest BCUT2D eigenvalue weighted by atomic mass is 10.0. The Balaban J connectivity index is 2.50. The summed E-state index contributed by atoms with van der Waals surface area (Å²) in [6, 6.07) is 17.1. The fraction of sp³-hybridized carbons (Fsp3) is 0.0667. The lowest BCUT2D eigenvalue weighted by molar-refractivity contribution is 0.513. The Hall–Kier alpha value is -2.22. The third-order valence-corrected chi connectivity index (χ3v) is 2.78. The fourth-order valence-corrected chi connectivity index (χ4v) is 1.74. The Kier molecular flexibility index (Phi) is 3.15. The molecule has 2 aromatic carbocycles. The topological polar surface area (TPSA) is 46.2 Å². The highest BCUT2D eigenvalue weighted by Gasteiger charge is 2.08. The van der Waals surface area contributed by atoms with Crippen molar-refractivity contribution in [2.75, 3.05) is 5.73 Å². The summed E-state index contributed by atoms with van der Waals surface area (Å²) in [7, 11) is 0. The van der Waals surface area contributed by atoms with Crippen LogP contribution in [-0.2, 0) is 0 Å². The summed E-state index contributed by atoms with van der Waals surface area (Å²) in [5.74, 6) is 0.231. The summed E-state index contributed by atoms with van der Waals surface area (Å²) < 4.78 is 0. The summed E-state index contributed by atoms with van der Waals surface area (Å²) in [5.41, 5.74) is 8.92. The lowest BCUT2D eigenvalue weighted by Gasteiger charge is -2.09. The molecule has 0 aliphatic carbocycles. The van der Waals surface area contributed by atoms with E-state index in [4.69, 9.17) is 5.73 Å². The van der Waals surface area contributed by atoms with Gasteiger partial charge in [0.2, 0.25) is 0 Å². The second kappa shape index (κ2) is 4.74. The van der Waals surface area contributed by atoms with E-state index in [1.165, 1.54) is 0 Å². The lowest BCUT2D eigenvalue weighted by Crippen LogP contribution is -1.95. The van der Waals surface area contributed by atoms with Crippen LogP contribution in [0.3, 0.4) is 0 Å². The highest BCUT2D eigenvalue weighted by Crippen LogP contribution is 2.26. The first-order valence-corrected chi connectivity index (χ1v) is 5.50. The standard InChI is InChI=1S/C15H15NO/c1-11(12-7-3-2-4-8-12)15(17)13-9-5-6-10-14(13)16/h2-10,17H,16H2,1H3/b15-11+. The monoisotopic (exact) mass is 225 g/mol. The molecule has 0 heterocycles. The van der Waals surface area contributed by atoms with Gasteiger partial charge < -0.3 is 10.8 Å². The van der Waals surface area contributed by atoms with Gasteiger partial charge in [0.25, 0.3) is 0 Å². The van der Waals surface area contributed by atoms with Crippen molar-refractivity contribution in [3.05, 3.63) is 65.7 Å². The maximum absolute atomic E-state index is 10.2. The Bertz CT molecular complexity index is 544. The van der Waals surface area contributed by atoms with Crippen LogP contribution >= 0.6 is 0 Å². The van der Waals surface area contributed by atoms with Crippen LogP contribution < -0.4 is 5.73 Å². The van der Waals surface area contributed by atoms with Gasteiger partial charge in [0.15, 0.2) is 0 Å². The van der Waals surface area contributed by atoms with E-state index in [0.29, 0.717) is 11.3 Å². The summed E-state index contributed by atoms with van der Waals surface area (Å²) in [6.07, 6.45) is 0. The van der Waals surface area contributed by atoms with Gasteiger partial charge in [0.1, 0.15) is 5.76 Å². The van der Waals surface area contributed by atoms with Crippen LogP contribution in [0.25, 0.3) is 11.3 Å². The number of rotatable bonds is 2. The molecule has 2 aromatic rings. The molecule has 0 aliphatic heterocycles. The van der Waals surface area contributed by atoms with Crippen molar-refractivity contribution in [3.63, 3.8) is 0 Å². The molecule has 2 nitrogen and oxygen atoms in total. The molecule has 0 bridgehead atoms. The smallest absolute Gasteiger partial charge is 0.128 e. The maximum Gasteiger partial charge on any atom is 0.128 e. The molecule has 3 N–H and O–H groups in total. The van der Waals surface area contributed by atoms with E-state index >= 15 is 0 Å². The molecule has 2 heteroatoms. The van der Waals surface area contributed by atoms with E-state index in [1.54, 1.807) is 6.07 Å². The van der Waals surface area contributed by atoms with Gasteiger partial charge in [-0.15, -0.1) is 0 Å². The molecule has 0 fully saturated rings. The average Bonchev–Trinajstić information content (AvgIpc) is 2.39. The van der Waals surface area contributed by atoms with Crippen LogP contribution in [0, 0.1) is 0 Å². The Morgan fingerprint density at radius 2 is 1.53 bits per heavy atom. The first-order chi connectivity index (χ1) is 8.20. The fourth-order valence-electron chi connectivity index (χ4n) is 1.74. The Morgan fingerprint density at radius 3 is 2.18 bits per heavy atom. The van der Waals surface area contributed by atoms with Gasteiger partial charge in [-0.1, -0.05) is 42.5 Å². The summed E-state index contributed by atoms with van der Waals surface area (Å²) >= 11 is 0. The highest BCUT2D eigenvalue weighted by atomic mass is 16.3. The maximum atomic E-state index is 10.2. The summed E-state index contributed by atoms with van der Waals surface area (Å²) in [4.78, 5) is 0. The van der Waals surface area contributed by atoms with Crippen LogP contribution in [0.15, 0.2) is 54.6 Å². The van der Waals surface area contributed by atoms with E-state index in [2.05, 4.69) is 0 Å². The number of aliphatic hydroxyl groups is 1. The minimum Gasteiger partial charge on any atom is -0.507 e. The zero-order valence-corrected chi connectivity index (χ0v) is 9.72. The number of aliphatic hydroxyl groups excluding tert-OH is 1. The Labute approximate surface area is 101 Å². The quantitative estimate of drug-likeness (QED) is 0.465. The van der Waals surface area contributed by atoms with Crippen LogP contribution in [-0.4, -0.2) is 5.11 Å². The van der Waals surface area contributed by atoms with E-state index < -0.39 is 0 Å². The molecule has 86 valence electrons. The predicted octanol–water partition coefficient (Wildman–Crippen LogP) is 3.72. The zero-order valence-electron chi connectivity index (χ0n) is 9.72. The van der Waals surface area contributed by atoms with Crippen molar-refractivity contribution in [2.24, 2.45) is 0 Å². The van der Waals surface area contributed by atoms with Crippen molar-refractivity contribution >= 4 is 17.0 Å². The molecule has 0 amide bonds. The largest absolute Gasteiger partial charge is 0.507 e. The molecule has 0 aliphatic rings. The molecule has 0 saturated heterocycles. The van der Waals surface area contributed by atoms with Gasteiger partial charge in [0, 0.05) is 11.3 Å². The van der Waals surface area contributed by atoms with E-state index in [9.17, 15) is 5.11 Å². The number of nitrogen functional groups attached to an aromatic ring is 1. The molecule has 0 atom stereocenters. The molecule has 0 aromatic heterocycles. The number of nitrogens with two attached hydrogens (primary N) is 1. The molecule has 17 heavy (non-hydrogen) atoms. The van der Waals surface area contributed by atoms with E-state index in [1.807, 2.05) is 55.5 Å². The highest BCUT2D eigenvalue weighted by molar-refractivity contribution is 5.88. The molecular formula is C15H15NO.